The van der Waals surface area contributed by atoms with Crippen LogP contribution in [-0.4, -0.2) is 5.91 Å². The summed E-state index contributed by atoms with van der Waals surface area (Å²) in [6.45, 7) is 3.09. The summed E-state index contributed by atoms with van der Waals surface area (Å²) in [5, 5.41) is 0. The zero-order chi connectivity index (χ0) is 4.28. The van der Waals surface area contributed by atoms with Gasteiger partial charge in [0.25, 0.3) is 0 Å². The minimum Gasteiger partial charge on any atom is -0.366 e. The molecule has 0 aromatic carbocycles. The first-order valence-electron chi connectivity index (χ1n) is 1.19. The first-order chi connectivity index (χ1) is 2.27. The Morgan fingerprint density at radius 2 is 2.00 bits per heavy atom. The van der Waals surface area contributed by atoms with Gasteiger partial charge in [0.2, 0.25) is 5.91 Å². The van der Waals surface area contributed by atoms with Crippen molar-refractivity contribution >= 4 is 5.91 Å². The van der Waals surface area contributed by atoms with E-state index < -0.39 is 5.91 Å². The van der Waals surface area contributed by atoms with Crippen molar-refractivity contribution in [2.24, 2.45) is 5.73 Å². The molecule has 0 unspecified atom stereocenters. The third-order valence-corrected chi connectivity index (χ3v) is 0.201. The van der Waals surface area contributed by atoms with E-state index in [2.05, 4.69) is 12.3 Å². The van der Waals surface area contributed by atoms with Crippen molar-refractivity contribution in [3.8, 4) is 0 Å². The molecule has 0 fully saturated rings. The number of amides is 1. The van der Waals surface area contributed by atoms with E-state index in [0.29, 0.717) is 0 Å². The van der Waals surface area contributed by atoms with Gasteiger partial charge in [-0.1, -0.05) is 6.58 Å². The molecule has 0 aromatic heterocycles. The fourth-order valence-electron chi connectivity index (χ4n) is 0. The van der Waals surface area contributed by atoms with Crippen LogP contribution in [0.3, 0.4) is 0 Å². The minimum absolute atomic E-state index is 0. The molecule has 2 N–H and O–H groups in total. The van der Waals surface area contributed by atoms with Crippen LogP contribution >= 0.6 is 0 Å². The van der Waals surface area contributed by atoms with E-state index in [4.69, 9.17) is 0 Å². The molecule has 0 spiro atoms. The fraction of sp³-hybridized carbons (Fsp3) is 0. The van der Waals surface area contributed by atoms with Gasteiger partial charge < -0.3 is 5.73 Å². The number of carbonyl (C=O) groups is 1. The zero-order valence-electron chi connectivity index (χ0n) is 3.77. The van der Waals surface area contributed by atoms with E-state index in [1.165, 1.54) is 0 Å². The second kappa shape index (κ2) is 5.21. The predicted octanol–water partition coefficient (Wildman–Crippen LogP) is -3.34. The van der Waals surface area contributed by atoms with Gasteiger partial charge in [0, 0.05) is 0 Å². The molecule has 0 bridgehead atoms. The molecule has 0 aliphatic heterocycles. The van der Waals surface area contributed by atoms with Gasteiger partial charge in [-0.3, -0.25) is 4.79 Å². The Morgan fingerprint density at radius 3 is 2.00 bits per heavy atom. The maximum absolute atomic E-state index is 9.47. The standard InChI is InChI=1S/C3H5NO.Na/c1-2-3(4)5;/h2H,1H2,(H2,4,5);/q;+1. The SMILES string of the molecule is C=CC(N)=O.[Na+]. The van der Waals surface area contributed by atoms with E-state index in [1.807, 2.05) is 0 Å². The van der Waals surface area contributed by atoms with Crippen LogP contribution in [0.4, 0.5) is 0 Å². The molecule has 0 atom stereocenters. The van der Waals surface area contributed by atoms with Gasteiger partial charge in [-0.15, -0.1) is 0 Å². The Bertz CT molecular complexity index is 61.8. The van der Waals surface area contributed by atoms with Gasteiger partial charge in [-0.05, 0) is 6.08 Å². The number of rotatable bonds is 1. The Morgan fingerprint density at radius 1 is 1.83 bits per heavy atom. The third-order valence-electron chi connectivity index (χ3n) is 0.201. The number of primary amides is 1. The van der Waals surface area contributed by atoms with Gasteiger partial charge in [0.05, 0.1) is 0 Å². The molecule has 0 saturated heterocycles. The molecule has 1 amide bonds. The Hall–Kier alpha value is 0.210. The van der Waals surface area contributed by atoms with E-state index in [-0.39, 0.29) is 29.6 Å². The zero-order valence-corrected chi connectivity index (χ0v) is 5.77. The largest absolute Gasteiger partial charge is 1.00 e. The average molecular weight is 94.1 g/mol. The first-order valence-corrected chi connectivity index (χ1v) is 1.19. The van der Waals surface area contributed by atoms with Crippen molar-refractivity contribution in [2.75, 3.05) is 0 Å². The summed E-state index contributed by atoms with van der Waals surface area (Å²) in [7, 11) is 0. The molecule has 28 valence electrons. The summed E-state index contributed by atoms with van der Waals surface area (Å²) >= 11 is 0. The monoisotopic (exact) mass is 94.0 g/mol. The van der Waals surface area contributed by atoms with E-state index in [0.717, 1.165) is 6.08 Å². The summed E-state index contributed by atoms with van der Waals surface area (Å²) in [5.41, 5.74) is 4.53. The maximum Gasteiger partial charge on any atom is 1.00 e. The fourth-order valence-corrected chi connectivity index (χ4v) is 0. The number of carbonyl (C=O) groups excluding carboxylic acids is 1. The van der Waals surface area contributed by atoms with Crippen LogP contribution < -0.4 is 35.3 Å². The van der Waals surface area contributed by atoms with Crippen LogP contribution in [0.25, 0.3) is 0 Å². The smallest absolute Gasteiger partial charge is 0.366 e. The molecule has 0 aromatic rings. The average Bonchev–Trinajstić information content (AvgIpc) is 1.38. The predicted molar refractivity (Wildman–Crippen MR) is 19.4 cm³/mol. The second-order valence-electron chi connectivity index (χ2n) is 0.606. The first kappa shape index (κ1) is 9.51. The van der Waals surface area contributed by atoms with Gasteiger partial charge in [0.15, 0.2) is 0 Å². The summed E-state index contributed by atoms with van der Waals surface area (Å²) in [5.74, 6) is -0.481. The molecule has 0 heterocycles. The number of nitrogens with two attached hydrogens (primary N) is 1. The number of hydrogen-bond acceptors (Lipinski definition) is 1. The molecule has 0 aliphatic carbocycles. The molecule has 2 nitrogen and oxygen atoms in total. The van der Waals surface area contributed by atoms with Crippen molar-refractivity contribution in [3.63, 3.8) is 0 Å². The summed E-state index contributed by atoms with van der Waals surface area (Å²) in [6.07, 6.45) is 1.06. The molecule has 3 heteroatoms. The molecular formula is C3H5NNaO+. The Labute approximate surface area is 58.7 Å². The van der Waals surface area contributed by atoms with E-state index in [1.54, 1.807) is 0 Å². The van der Waals surface area contributed by atoms with Crippen LogP contribution in [0.2, 0.25) is 0 Å². The van der Waals surface area contributed by atoms with Crippen molar-refractivity contribution in [2.45, 2.75) is 0 Å². The van der Waals surface area contributed by atoms with Crippen LogP contribution in [0.1, 0.15) is 0 Å². The Balaban J connectivity index is 0. The normalized spacial score (nSPS) is 5.33. The molecule has 0 aliphatic rings. The maximum atomic E-state index is 9.47. The second-order valence-corrected chi connectivity index (χ2v) is 0.606. The van der Waals surface area contributed by atoms with Gasteiger partial charge in [-0.25, -0.2) is 0 Å². The van der Waals surface area contributed by atoms with Crippen molar-refractivity contribution in [1.82, 2.24) is 0 Å². The molecule has 0 saturated carbocycles. The topological polar surface area (TPSA) is 43.1 Å². The summed E-state index contributed by atoms with van der Waals surface area (Å²) < 4.78 is 0. The molecule has 0 radical (unpaired) electrons. The van der Waals surface area contributed by atoms with Gasteiger partial charge >= 0.3 is 29.6 Å². The van der Waals surface area contributed by atoms with E-state index >= 15 is 0 Å². The number of hydrogen-bond donors (Lipinski definition) is 1. The third kappa shape index (κ3) is 8.88. The molecular weight excluding hydrogens is 89.0 g/mol. The quantitative estimate of drug-likeness (QED) is 0.268. The van der Waals surface area contributed by atoms with Crippen molar-refractivity contribution in [3.05, 3.63) is 12.7 Å². The van der Waals surface area contributed by atoms with Crippen molar-refractivity contribution < 1.29 is 34.4 Å². The summed E-state index contributed by atoms with van der Waals surface area (Å²) in [4.78, 5) is 9.47. The Kier molecular flexibility index (Phi) is 8.26. The molecule has 6 heavy (non-hydrogen) atoms. The van der Waals surface area contributed by atoms with E-state index in [9.17, 15) is 4.79 Å². The minimum atomic E-state index is -0.481. The van der Waals surface area contributed by atoms with Crippen LogP contribution in [0.15, 0.2) is 12.7 Å². The van der Waals surface area contributed by atoms with Crippen LogP contribution in [0.5, 0.6) is 0 Å². The van der Waals surface area contributed by atoms with Crippen LogP contribution in [-0.2, 0) is 4.79 Å². The summed E-state index contributed by atoms with van der Waals surface area (Å²) in [6, 6.07) is 0. The van der Waals surface area contributed by atoms with Gasteiger partial charge in [-0.2, -0.15) is 0 Å². The molecule has 0 rings (SSSR count). The van der Waals surface area contributed by atoms with Crippen molar-refractivity contribution in [1.29, 1.82) is 0 Å². The van der Waals surface area contributed by atoms with Gasteiger partial charge in [0.1, 0.15) is 0 Å². The van der Waals surface area contributed by atoms with Crippen LogP contribution in [0, 0.1) is 0 Å².